The van der Waals surface area contributed by atoms with E-state index in [1.165, 1.54) is 6.07 Å². The summed E-state index contributed by atoms with van der Waals surface area (Å²) in [6.45, 7) is 7.29. The van der Waals surface area contributed by atoms with Gasteiger partial charge in [-0.2, -0.15) is 0 Å². The van der Waals surface area contributed by atoms with E-state index in [0.29, 0.717) is 12.5 Å². The van der Waals surface area contributed by atoms with Crippen LogP contribution in [0.1, 0.15) is 25.8 Å². The molecule has 0 fully saturated rings. The number of benzene rings is 1. The molecule has 1 aromatic rings. The van der Waals surface area contributed by atoms with Gasteiger partial charge in [0.15, 0.2) is 0 Å². The van der Waals surface area contributed by atoms with Crippen molar-refractivity contribution >= 4 is 5.69 Å². The molecule has 0 saturated heterocycles. The lowest BCUT2D eigenvalue weighted by molar-refractivity contribution is -0.384. The fraction of sp³-hybridized carbons (Fsp3) is 0.571. The Balaban J connectivity index is 2.15. The van der Waals surface area contributed by atoms with Crippen molar-refractivity contribution in [2.75, 3.05) is 19.8 Å². The highest BCUT2D eigenvalue weighted by atomic mass is 16.6. The molecule has 0 bridgehead atoms. The highest BCUT2D eigenvalue weighted by Gasteiger charge is 2.04. The van der Waals surface area contributed by atoms with Gasteiger partial charge >= 0.3 is 0 Å². The maximum absolute atomic E-state index is 10.6. The fourth-order valence-corrected chi connectivity index (χ4v) is 1.63. The molecule has 1 aromatic carbocycles. The molecule has 0 amide bonds. The van der Waals surface area contributed by atoms with E-state index < -0.39 is 0 Å². The Labute approximate surface area is 114 Å². The first-order valence-electron chi connectivity index (χ1n) is 6.61. The molecule has 5 heteroatoms. The minimum Gasteiger partial charge on any atom is -0.381 e. The second-order valence-corrected chi connectivity index (χ2v) is 4.93. The molecule has 1 N–H and O–H groups in total. The molecular weight excluding hydrogens is 244 g/mol. The normalized spacial score (nSPS) is 10.9. The van der Waals surface area contributed by atoms with Crippen LogP contribution in [0.5, 0.6) is 0 Å². The van der Waals surface area contributed by atoms with Crippen LogP contribution in [-0.4, -0.2) is 24.7 Å². The van der Waals surface area contributed by atoms with Gasteiger partial charge in [-0.3, -0.25) is 10.1 Å². The van der Waals surface area contributed by atoms with E-state index in [0.717, 1.165) is 31.7 Å². The Morgan fingerprint density at radius 2 is 2.21 bits per heavy atom. The van der Waals surface area contributed by atoms with E-state index in [1.54, 1.807) is 12.1 Å². The number of nitrogens with one attached hydrogen (secondary N) is 1. The molecule has 0 saturated carbocycles. The molecule has 106 valence electrons. The first kappa shape index (κ1) is 15.6. The van der Waals surface area contributed by atoms with Gasteiger partial charge < -0.3 is 10.1 Å². The Kier molecular flexibility index (Phi) is 7.07. The van der Waals surface area contributed by atoms with E-state index in [9.17, 15) is 10.1 Å². The number of hydrogen-bond donors (Lipinski definition) is 1. The molecule has 0 aliphatic carbocycles. The summed E-state index contributed by atoms with van der Waals surface area (Å²) in [7, 11) is 0. The van der Waals surface area contributed by atoms with E-state index >= 15 is 0 Å². The van der Waals surface area contributed by atoms with Crippen molar-refractivity contribution in [3.8, 4) is 0 Å². The van der Waals surface area contributed by atoms with E-state index in [2.05, 4.69) is 19.2 Å². The SMILES string of the molecule is CC(C)COCCCNCc1cccc([N+](=O)[O-])c1. The lowest BCUT2D eigenvalue weighted by Gasteiger charge is -2.07. The van der Waals surface area contributed by atoms with Gasteiger partial charge in [-0.05, 0) is 24.4 Å². The van der Waals surface area contributed by atoms with Crippen LogP contribution in [0.15, 0.2) is 24.3 Å². The molecule has 5 nitrogen and oxygen atoms in total. The largest absolute Gasteiger partial charge is 0.381 e. The van der Waals surface area contributed by atoms with Gasteiger partial charge in [-0.25, -0.2) is 0 Å². The van der Waals surface area contributed by atoms with Crippen molar-refractivity contribution in [3.05, 3.63) is 39.9 Å². The summed E-state index contributed by atoms with van der Waals surface area (Å²) in [5.74, 6) is 0.567. The summed E-state index contributed by atoms with van der Waals surface area (Å²) in [6, 6.07) is 6.70. The standard InChI is InChI=1S/C14H22N2O3/c1-12(2)11-19-8-4-7-15-10-13-5-3-6-14(9-13)16(17)18/h3,5-6,9,12,15H,4,7-8,10-11H2,1-2H3. The highest BCUT2D eigenvalue weighted by molar-refractivity contribution is 5.34. The van der Waals surface area contributed by atoms with E-state index in [1.807, 2.05) is 6.07 Å². The zero-order chi connectivity index (χ0) is 14.1. The Morgan fingerprint density at radius 1 is 1.42 bits per heavy atom. The van der Waals surface area contributed by atoms with Crippen LogP contribution in [0.2, 0.25) is 0 Å². The molecule has 0 heterocycles. The van der Waals surface area contributed by atoms with Gasteiger partial charge in [0.05, 0.1) is 4.92 Å². The minimum atomic E-state index is -0.372. The number of ether oxygens (including phenoxy) is 1. The lowest BCUT2D eigenvalue weighted by atomic mass is 10.2. The highest BCUT2D eigenvalue weighted by Crippen LogP contribution is 2.12. The van der Waals surface area contributed by atoms with Crippen LogP contribution < -0.4 is 5.32 Å². The van der Waals surface area contributed by atoms with Crippen LogP contribution in [0.3, 0.4) is 0 Å². The van der Waals surface area contributed by atoms with Gasteiger partial charge in [0.1, 0.15) is 0 Å². The first-order valence-corrected chi connectivity index (χ1v) is 6.61. The molecule has 0 unspecified atom stereocenters. The van der Waals surface area contributed by atoms with Crippen LogP contribution in [0.25, 0.3) is 0 Å². The van der Waals surface area contributed by atoms with Gasteiger partial charge in [0.25, 0.3) is 5.69 Å². The number of nitro groups is 1. The van der Waals surface area contributed by atoms with Gasteiger partial charge in [0.2, 0.25) is 0 Å². The van der Waals surface area contributed by atoms with Crippen LogP contribution >= 0.6 is 0 Å². The molecule has 0 aliphatic rings. The molecule has 0 aliphatic heterocycles. The third-order valence-electron chi connectivity index (χ3n) is 2.54. The van der Waals surface area contributed by atoms with Crippen molar-refractivity contribution in [2.45, 2.75) is 26.8 Å². The van der Waals surface area contributed by atoms with Crippen molar-refractivity contribution in [1.29, 1.82) is 0 Å². The summed E-state index contributed by atoms with van der Waals surface area (Å²) in [4.78, 5) is 10.3. The summed E-state index contributed by atoms with van der Waals surface area (Å²) in [5.41, 5.74) is 1.07. The number of non-ortho nitro benzene ring substituents is 1. The lowest BCUT2D eigenvalue weighted by Crippen LogP contribution is -2.17. The summed E-state index contributed by atoms with van der Waals surface area (Å²) in [6.07, 6.45) is 0.946. The Morgan fingerprint density at radius 3 is 2.89 bits per heavy atom. The van der Waals surface area contributed by atoms with E-state index in [4.69, 9.17) is 4.74 Å². The third-order valence-corrected chi connectivity index (χ3v) is 2.54. The fourth-order valence-electron chi connectivity index (χ4n) is 1.63. The van der Waals surface area contributed by atoms with Gasteiger partial charge in [0, 0.05) is 31.9 Å². The molecule has 1 rings (SSSR count). The number of hydrogen-bond acceptors (Lipinski definition) is 4. The summed E-state index contributed by atoms with van der Waals surface area (Å²) in [5, 5.41) is 13.9. The Hall–Kier alpha value is -1.46. The number of rotatable bonds is 9. The van der Waals surface area contributed by atoms with E-state index in [-0.39, 0.29) is 10.6 Å². The molecule has 0 radical (unpaired) electrons. The molecule has 0 atom stereocenters. The smallest absolute Gasteiger partial charge is 0.269 e. The monoisotopic (exact) mass is 266 g/mol. The van der Waals surface area contributed by atoms with Crippen LogP contribution in [0, 0.1) is 16.0 Å². The van der Waals surface area contributed by atoms with Crippen molar-refractivity contribution in [1.82, 2.24) is 5.32 Å². The average Bonchev–Trinajstić information content (AvgIpc) is 2.37. The molecule has 19 heavy (non-hydrogen) atoms. The third kappa shape index (κ3) is 6.88. The maximum Gasteiger partial charge on any atom is 0.269 e. The topological polar surface area (TPSA) is 64.4 Å². The quantitative estimate of drug-likeness (QED) is 0.424. The molecule has 0 spiro atoms. The molecular formula is C14H22N2O3. The zero-order valence-corrected chi connectivity index (χ0v) is 11.6. The second kappa shape index (κ2) is 8.61. The zero-order valence-electron chi connectivity index (χ0n) is 11.6. The first-order chi connectivity index (χ1) is 9.09. The number of nitrogens with zero attached hydrogens (tertiary/aromatic N) is 1. The van der Waals surface area contributed by atoms with Gasteiger partial charge in [-0.1, -0.05) is 26.0 Å². The second-order valence-electron chi connectivity index (χ2n) is 4.93. The maximum atomic E-state index is 10.6. The number of nitro benzene ring substituents is 1. The van der Waals surface area contributed by atoms with Crippen LogP contribution in [-0.2, 0) is 11.3 Å². The summed E-state index contributed by atoms with van der Waals surface area (Å²) < 4.78 is 5.47. The molecule has 0 aromatic heterocycles. The minimum absolute atomic E-state index is 0.138. The van der Waals surface area contributed by atoms with Gasteiger partial charge in [-0.15, -0.1) is 0 Å². The summed E-state index contributed by atoms with van der Waals surface area (Å²) >= 11 is 0. The Bertz CT molecular complexity index is 394. The predicted molar refractivity (Wildman–Crippen MR) is 75.1 cm³/mol. The van der Waals surface area contributed by atoms with Crippen molar-refractivity contribution in [3.63, 3.8) is 0 Å². The average molecular weight is 266 g/mol. The van der Waals surface area contributed by atoms with Crippen molar-refractivity contribution < 1.29 is 9.66 Å². The van der Waals surface area contributed by atoms with Crippen LogP contribution in [0.4, 0.5) is 5.69 Å². The van der Waals surface area contributed by atoms with Crippen molar-refractivity contribution in [2.24, 2.45) is 5.92 Å². The predicted octanol–water partition coefficient (Wildman–Crippen LogP) is 2.75.